The van der Waals surface area contributed by atoms with Gasteiger partial charge in [-0.1, -0.05) is 30.3 Å². The number of benzene rings is 3. The Morgan fingerprint density at radius 3 is 1.98 bits per heavy atom. The lowest BCUT2D eigenvalue weighted by atomic mass is 9.84. The molecule has 9 nitrogen and oxygen atoms in total. The minimum Gasteiger partial charge on any atom is -0.497 e. The lowest BCUT2D eigenvalue weighted by Gasteiger charge is -2.41. The average Bonchev–Trinajstić information content (AvgIpc) is 3.49. The van der Waals surface area contributed by atoms with Gasteiger partial charge in [0.2, 0.25) is 0 Å². The second kappa shape index (κ2) is 14.3. The highest BCUT2D eigenvalue weighted by Crippen LogP contribution is 2.48. The van der Waals surface area contributed by atoms with Gasteiger partial charge in [0.15, 0.2) is 0 Å². The van der Waals surface area contributed by atoms with Crippen LogP contribution in [0.1, 0.15) is 50.4 Å². The van der Waals surface area contributed by atoms with Gasteiger partial charge in [-0.2, -0.15) is 18.3 Å². The van der Waals surface area contributed by atoms with Gasteiger partial charge in [0, 0.05) is 31.5 Å². The van der Waals surface area contributed by atoms with Crippen LogP contribution in [0.3, 0.4) is 0 Å². The van der Waals surface area contributed by atoms with Gasteiger partial charge in [0.25, 0.3) is 0 Å². The van der Waals surface area contributed by atoms with Crippen molar-refractivity contribution in [2.24, 2.45) is 0 Å². The summed E-state index contributed by atoms with van der Waals surface area (Å²) in [6, 6.07) is 22.3. The molecule has 1 aromatic heterocycles. The second-order valence-electron chi connectivity index (χ2n) is 12.5. The summed E-state index contributed by atoms with van der Waals surface area (Å²) >= 11 is 0. The maximum atomic E-state index is 15.4. The van der Waals surface area contributed by atoms with Crippen LogP contribution in [0.5, 0.6) is 11.5 Å². The predicted molar refractivity (Wildman–Crippen MR) is 173 cm³/mol. The van der Waals surface area contributed by atoms with Crippen molar-refractivity contribution in [2.45, 2.75) is 57.6 Å². The third-order valence-corrected chi connectivity index (χ3v) is 8.03. The van der Waals surface area contributed by atoms with E-state index in [9.17, 15) is 4.79 Å². The highest BCUT2D eigenvalue weighted by molar-refractivity contribution is 5.70. The summed E-state index contributed by atoms with van der Waals surface area (Å²) in [7, 11) is 3.00. The third kappa shape index (κ3) is 7.94. The van der Waals surface area contributed by atoms with Crippen molar-refractivity contribution in [3.63, 3.8) is 0 Å². The van der Waals surface area contributed by atoms with E-state index in [0.717, 1.165) is 5.56 Å². The number of nitrogens with zero attached hydrogens (tertiary/aromatic N) is 3. The molecule has 12 heteroatoms. The number of carbonyl (C=O) groups is 1. The lowest BCUT2D eigenvalue weighted by molar-refractivity contribution is -0.178. The van der Waals surface area contributed by atoms with Gasteiger partial charge in [-0.15, -0.1) is 0 Å². The zero-order valence-electron chi connectivity index (χ0n) is 27.7. The normalized spacial score (nSPS) is 14.9. The fourth-order valence-electron chi connectivity index (χ4n) is 5.65. The van der Waals surface area contributed by atoms with Crippen LogP contribution >= 0.6 is 0 Å². The van der Waals surface area contributed by atoms with E-state index >= 15 is 13.2 Å². The van der Waals surface area contributed by atoms with Crippen molar-refractivity contribution < 1.29 is 41.7 Å². The van der Waals surface area contributed by atoms with Crippen LogP contribution in [0, 0.1) is 0 Å². The summed E-state index contributed by atoms with van der Waals surface area (Å²) in [6.07, 6.45) is -5.34. The number of rotatable bonds is 10. The summed E-state index contributed by atoms with van der Waals surface area (Å²) in [6.45, 7) is 5.34. The molecule has 0 spiro atoms. The van der Waals surface area contributed by atoms with Gasteiger partial charge < -0.3 is 28.6 Å². The number of aromatic nitrogens is 2. The van der Waals surface area contributed by atoms with Gasteiger partial charge >= 0.3 is 12.3 Å². The Morgan fingerprint density at radius 2 is 1.44 bits per heavy atom. The number of hydrogen-bond donors (Lipinski definition) is 0. The Bertz CT molecular complexity index is 1660. The van der Waals surface area contributed by atoms with Crippen molar-refractivity contribution in [2.75, 3.05) is 34.1 Å². The standard InChI is InChI=1S/C36H40F3N3O6/c1-34(2,3)48-33(43)41-21-19-35(20-22-41,47-24-46-23-25-9-7-6-8-10-25)32-30(36(37,38)39)31(26-11-15-28(44-4)16-12-26)42(40-32)27-13-17-29(45-5)18-14-27/h6-18H,19-24H2,1-5H3. The molecule has 1 amide bonds. The zero-order valence-corrected chi connectivity index (χ0v) is 27.7. The number of ether oxygens (including phenoxy) is 5. The molecule has 48 heavy (non-hydrogen) atoms. The van der Waals surface area contributed by atoms with Crippen LogP contribution < -0.4 is 9.47 Å². The van der Waals surface area contributed by atoms with Crippen LogP contribution in [-0.2, 0) is 32.6 Å². The maximum absolute atomic E-state index is 15.4. The number of amides is 1. The van der Waals surface area contributed by atoms with Gasteiger partial charge in [-0.25, -0.2) is 9.48 Å². The molecule has 1 fully saturated rings. The van der Waals surface area contributed by atoms with Crippen LogP contribution in [-0.4, -0.2) is 60.5 Å². The molecular formula is C36H40F3N3O6. The Hall–Kier alpha value is -4.55. The van der Waals surface area contributed by atoms with Crippen molar-refractivity contribution >= 4 is 6.09 Å². The van der Waals surface area contributed by atoms with Crippen molar-refractivity contribution in [3.05, 3.63) is 95.7 Å². The van der Waals surface area contributed by atoms with Crippen LogP contribution in [0.15, 0.2) is 78.9 Å². The van der Waals surface area contributed by atoms with Gasteiger partial charge in [-0.05, 0) is 74.9 Å². The number of piperidine rings is 1. The van der Waals surface area contributed by atoms with Crippen molar-refractivity contribution in [1.29, 1.82) is 0 Å². The fraction of sp³-hybridized carbons (Fsp3) is 0.389. The smallest absolute Gasteiger partial charge is 0.420 e. The molecule has 0 atom stereocenters. The average molecular weight is 668 g/mol. The molecule has 1 saturated heterocycles. The molecule has 3 aromatic carbocycles. The Balaban J connectivity index is 1.62. The maximum Gasteiger partial charge on any atom is 0.420 e. The predicted octanol–water partition coefficient (Wildman–Crippen LogP) is 7.99. The van der Waals surface area contributed by atoms with E-state index in [1.54, 1.807) is 69.3 Å². The number of methoxy groups -OCH3 is 2. The molecule has 0 radical (unpaired) electrons. The third-order valence-electron chi connectivity index (χ3n) is 8.03. The molecule has 0 bridgehead atoms. The number of hydrogen-bond acceptors (Lipinski definition) is 7. The Kier molecular flexibility index (Phi) is 10.4. The number of likely N-dealkylation sites (tertiary alicyclic amines) is 1. The second-order valence-corrected chi connectivity index (χ2v) is 12.5. The summed E-state index contributed by atoms with van der Waals surface area (Å²) in [5.41, 5.74) is -2.12. The summed E-state index contributed by atoms with van der Waals surface area (Å²) < 4.78 is 75.9. The minimum absolute atomic E-state index is 0.0195. The first kappa shape index (κ1) is 34.8. The van der Waals surface area contributed by atoms with Crippen LogP contribution in [0.2, 0.25) is 0 Å². The first-order valence-corrected chi connectivity index (χ1v) is 15.6. The quantitative estimate of drug-likeness (QED) is 0.125. The number of alkyl halides is 3. The SMILES string of the molecule is COc1ccc(-c2c(C(F)(F)F)c(C3(OCOCc4ccccc4)CCN(C(=O)OC(C)(C)C)CC3)nn2-c2ccc(OC)cc2)cc1. The minimum atomic E-state index is -4.83. The topological polar surface area (TPSA) is 84.3 Å². The number of carbonyl (C=O) groups excluding carboxylic acids is 1. The summed E-state index contributed by atoms with van der Waals surface area (Å²) in [5, 5.41) is 4.69. The highest BCUT2D eigenvalue weighted by atomic mass is 19.4. The van der Waals surface area contributed by atoms with E-state index in [0.29, 0.717) is 17.2 Å². The first-order valence-electron chi connectivity index (χ1n) is 15.6. The molecule has 1 aliphatic heterocycles. The Labute approximate surface area is 278 Å². The van der Waals surface area contributed by atoms with Crippen LogP contribution in [0.25, 0.3) is 16.9 Å². The van der Waals surface area contributed by atoms with E-state index in [4.69, 9.17) is 28.8 Å². The van der Waals surface area contributed by atoms with Crippen LogP contribution in [0.4, 0.5) is 18.0 Å². The van der Waals surface area contributed by atoms with Gasteiger partial charge in [-0.3, -0.25) is 0 Å². The van der Waals surface area contributed by atoms with Crippen molar-refractivity contribution in [1.82, 2.24) is 14.7 Å². The molecule has 4 aromatic rings. The molecule has 0 N–H and O–H groups in total. The van der Waals surface area contributed by atoms with Gasteiger partial charge in [0.05, 0.1) is 32.2 Å². The van der Waals surface area contributed by atoms with E-state index in [1.165, 1.54) is 23.8 Å². The molecular weight excluding hydrogens is 627 g/mol. The van der Waals surface area contributed by atoms with Crippen molar-refractivity contribution in [3.8, 4) is 28.4 Å². The number of halogens is 3. The molecule has 256 valence electrons. The van der Waals surface area contributed by atoms with E-state index in [2.05, 4.69) is 0 Å². The monoisotopic (exact) mass is 667 g/mol. The zero-order chi connectivity index (χ0) is 34.5. The summed E-state index contributed by atoms with van der Waals surface area (Å²) in [5.74, 6) is 1.03. The molecule has 0 saturated carbocycles. The first-order chi connectivity index (χ1) is 22.8. The highest BCUT2D eigenvalue weighted by Gasteiger charge is 2.50. The Morgan fingerprint density at radius 1 is 0.854 bits per heavy atom. The molecule has 0 unspecified atom stereocenters. The van der Waals surface area contributed by atoms with E-state index in [-0.39, 0.29) is 56.3 Å². The molecule has 0 aliphatic carbocycles. The van der Waals surface area contributed by atoms with E-state index in [1.807, 2.05) is 30.3 Å². The molecule has 5 rings (SSSR count). The molecule has 1 aliphatic rings. The molecule has 2 heterocycles. The van der Waals surface area contributed by atoms with E-state index < -0.39 is 29.0 Å². The lowest BCUT2D eigenvalue weighted by Crippen LogP contribution is -2.48. The summed E-state index contributed by atoms with van der Waals surface area (Å²) in [4.78, 5) is 14.4. The van der Waals surface area contributed by atoms with Gasteiger partial charge in [0.1, 0.15) is 40.8 Å². The fourth-order valence-corrected chi connectivity index (χ4v) is 5.65. The largest absolute Gasteiger partial charge is 0.497 e.